The number of nitrogens with zero attached hydrogens (tertiary/aromatic N) is 5. The van der Waals surface area contributed by atoms with Gasteiger partial charge in [0, 0.05) is 7.05 Å². The summed E-state index contributed by atoms with van der Waals surface area (Å²) in [7, 11) is 1.84. The van der Waals surface area contributed by atoms with Gasteiger partial charge in [0.25, 0.3) is 0 Å². The van der Waals surface area contributed by atoms with Crippen LogP contribution in [0.5, 0.6) is 0 Å². The molecule has 0 atom stereocenters. The Morgan fingerprint density at radius 2 is 2.07 bits per heavy atom. The second-order valence-electron chi connectivity index (χ2n) is 2.65. The summed E-state index contributed by atoms with van der Waals surface area (Å²) in [6.45, 7) is 0. The Kier molecular flexibility index (Phi) is 3.08. The van der Waals surface area contributed by atoms with Crippen molar-refractivity contribution in [3.8, 4) is 0 Å². The molecule has 0 bridgehead atoms. The summed E-state index contributed by atoms with van der Waals surface area (Å²) in [4.78, 5) is 0.702. The predicted octanol–water partition coefficient (Wildman–Crippen LogP) is 2.06. The van der Waals surface area contributed by atoms with Gasteiger partial charge in [-0.15, -0.1) is 20.4 Å². The van der Waals surface area contributed by atoms with Gasteiger partial charge in [0.1, 0.15) is 6.33 Å². The highest BCUT2D eigenvalue weighted by molar-refractivity contribution is 7.99. The predicted molar refractivity (Wildman–Crippen MR) is 57.2 cm³/mol. The van der Waals surface area contributed by atoms with E-state index in [0.29, 0.717) is 20.4 Å². The third-order valence-electron chi connectivity index (χ3n) is 1.56. The van der Waals surface area contributed by atoms with Crippen molar-refractivity contribution < 1.29 is 0 Å². The molecule has 0 fully saturated rings. The highest BCUT2D eigenvalue weighted by Crippen LogP contribution is 2.31. The first-order valence-electron chi connectivity index (χ1n) is 3.87. The van der Waals surface area contributed by atoms with Crippen LogP contribution in [0.25, 0.3) is 0 Å². The first-order valence-corrected chi connectivity index (χ1v) is 5.44. The van der Waals surface area contributed by atoms with E-state index in [4.69, 9.17) is 23.2 Å². The minimum atomic E-state index is 0.295. The lowest BCUT2D eigenvalue weighted by Crippen LogP contribution is -1.91. The highest BCUT2D eigenvalue weighted by Gasteiger charge is 2.09. The summed E-state index contributed by atoms with van der Waals surface area (Å²) in [6.07, 6.45) is 1.60. The monoisotopic (exact) mass is 261 g/mol. The highest BCUT2D eigenvalue weighted by atomic mass is 35.5. The van der Waals surface area contributed by atoms with E-state index in [2.05, 4.69) is 20.4 Å². The van der Waals surface area contributed by atoms with Gasteiger partial charge in [-0.25, -0.2) is 0 Å². The van der Waals surface area contributed by atoms with Crippen molar-refractivity contribution in [1.82, 2.24) is 25.0 Å². The SMILES string of the molecule is Cn1cnnc1Sc1cc(Cl)nnc1Cl. The van der Waals surface area contributed by atoms with E-state index in [1.807, 2.05) is 7.05 Å². The quantitative estimate of drug-likeness (QED) is 0.829. The number of rotatable bonds is 2. The molecule has 0 aliphatic carbocycles. The standard InChI is InChI=1S/C7H5Cl2N5S/c1-14-3-10-13-7(14)15-4-2-5(8)11-12-6(4)9/h2-3H,1H3. The molecule has 0 radical (unpaired) electrons. The molecule has 0 N–H and O–H groups in total. The van der Waals surface area contributed by atoms with E-state index in [0.717, 1.165) is 0 Å². The topological polar surface area (TPSA) is 56.5 Å². The van der Waals surface area contributed by atoms with E-state index < -0.39 is 0 Å². The van der Waals surface area contributed by atoms with Crippen LogP contribution >= 0.6 is 35.0 Å². The second-order valence-corrected chi connectivity index (χ2v) is 4.40. The average Bonchev–Trinajstić information content (AvgIpc) is 2.58. The van der Waals surface area contributed by atoms with Crippen LogP contribution in [-0.2, 0) is 7.05 Å². The van der Waals surface area contributed by atoms with Gasteiger partial charge in [-0.05, 0) is 17.8 Å². The van der Waals surface area contributed by atoms with Gasteiger partial charge in [0.2, 0.25) is 0 Å². The molecular formula is C7H5Cl2N5S. The largest absolute Gasteiger partial charge is 0.311 e. The molecule has 0 spiro atoms. The fraction of sp³-hybridized carbons (Fsp3) is 0.143. The molecule has 15 heavy (non-hydrogen) atoms. The normalized spacial score (nSPS) is 10.6. The smallest absolute Gasteiger partial charge is 0.195 e. The molecular weight excluding hydrogens is 257 g/mol. The Morgan fingerprint density at radius 3 is 2.73 bits per heavy atom. The van der Waals surface area contributed by atoms with E-state index in [1.165, 1.54) is 11.8 Å². The molecule has 0 unspecified atom stereocenters. The number of aryl methyl sites for hydroxylation is 1. The lowest BCUT2D eigenvalue weighted by Gasteiger charge is -2.01. The number of halogens is 2. The third-order valence-corrected chi connectivity index (χ3v) is 3.22. The third kappa shape index (κ3) is 2.39. The molecule has 0 aliphatic rings. The summed E-state index contributed by atoms with van der Waals surface area (Å²) < 4.78 is 1.77. The molecule has 2 aromatic rings. The van der Waals surface area contributed by atoms with E-state index >= 15 is 0 Å². The number of aromatic nitrogens is 5. The molecule has 5 nitrogen and oxygen atoms in total. The van der Waals surface area contributed by atoms with Crippen LogP contribution in [-0.4, -0.2) is 25.0 Å². The van der Waals surface area contributed by atoms with Crippen LogP contribution in [0.3, 0.4) is 0 Å². The molecule has 0 aliphatic heterocycles. The Hall–Kier alpha value is -0.850. The second kappa shape index (κ2) is 4.34. The van der Waals surface area contributed by atoms with Gasteiger partial charge in [-0.2, -0.15) is 0 Å². The first-order chi connectivity index (χ1) is 7.16. The summed E-state index contributed by atoms with van der Waals surface area (Å²) in [5.74, 6) is 0. The fourth-order valence-electron chi connectivity index (χ4n) is 0.872. The summed E-state index contributed by atoms with van der Waals surface area (Å²) in [5, 5.41) is 16.3. The van der Waals surface area contributed by atoms with Gasteiger partial charge in [0.05, 0.1) is 4.90 Å². The van der Waals surface area contributed by atoms with Crippen LogP contribution < -0.4 is 0 Å². The van der Waals surface area contributed by atoms with E-state index in [-0.39, 0.29) is 0 Å². The summed E-state index contributed by atoms with van der Waals surface area (Å²) >= 11 is 12.9. The Bertz CT molecular complexity index is 486. The average molecular weight is 262 g/mol. The van der Waals surface area contributed by atoms with Crippen molar-refractivity contribution in [3.63, 3.8) is 0 Å². The summed E-state index contributed by atoms with van der Waals surface area (Å²) in [6, 6.07) is 1.64. The maximum absolute atomic E-state index is 5.85. The Morgan fingerprint density at radius 1 is 1.27 bits per heavy atom. The molecule has 2 rings (SSSR count). The zero-order chi connectivity index (χ0) is 10.8. The van der Waals surface area contributed by atoms with Gasteiger partial charge >= 0.3 is 0 Å². The lowest BCUT2D eigenvalue weighted by atomic mass is 10.6. The maximum Gasteiger partial charge on any atom is 0.195 e. The van der Waals surface area contributed by atoms with Crippen molar-refractivity contribution in [1.29, 1.82) is 0 Å². The van der Waals surface area contributed by atoms with E-state index in [9.17, 15) is 0 Å². The molecule has 8 heteroatoms. The molecule has 2 aromatic heterocycles. The van der Waals surface area contributed by atoms with Crippen molar-refractivity contribution in [2.75, 3.05) is 0 Å². The van der Waals surface area contributed by atoms with E-state index in [1.54, 1.807) is 17.0 Å². The molecule has 0 aromatic carbocycles. The molecule has 78 valence electrons. The van der Waals surface area contributed by atoms with Crippen molar-refractivity contribution in [3.05, 3.63) is 22.7 Å². The minimum absolute atomic E-state index is 0.295. The van der Waals surface area contributed by atoms with Gasteiger partial charge in [0.15, 0.2) is 15.5 Å². The van der Waals surface area contributed by atoms with Crippen molar-refractivity contribution in [2.45, 2.75) is 10.1 Å². The Labute approximate surface area is 99.8 Å². The Balaban J connectivity index is 2.32. The molecule has 2 heterocycles. The van der Waals surface area contributed by atoms with Crippen LogP contribution in [0.1, 0.15) is 0 Å². The molecule has 0 saturated heterocycles. The number of hydrogen-bond acceptors (Lipinski definition) is 5. The number of hydrogen-bond donors (Lipinski definition) is 0. The van der Waals surface area contributed by atoms with Crippen molar-refractivity contribution >= 4 is 35.0 Å². The van der Waals surface area contributed by atoms with Crippen LogP contribution in [0.15, 0.2) is 22.4 Å². The maximum atomic E-state index is 5.85. The summed E-state index contributed by atoms with van der Waals surface area (Å²) in [5.41, 5.74) is 0. The van der Waals surface area contributed by atoms with Crippen LogP contribution in [0, 0.1) is 0 Å². The first kappa shape index (κ1) is 10.7. The zero-order valence-electron chi connectivity index (χ0n) is 7.55. The van der Waals surface area contributed by atoms with Gasteiger partial charge in [-0.1, -0.05) is 23.2 Å². The van der Waals surface area contributed by atoms with Crippen LogP contribution in [0.4, 0.5) is 0 Å². The molecule has 0 saturated carbocycles. The minimum Gasteiger partial charge on any atom is -0.311 e. The lowest BCUT2D eigenvalue weighted by molar-refractivity contribution is 0.788. The van der Waals surface area contributed by atoms with Gasteiger partial charge < -0.3 is 4.57 Å². The zero-order valence-corrected chi connectivity index (χ0v) is 9.88. The molecule has 0 amide bonds. The van der Waals surface area contributed by atoms with Crippen LogP contribution in [0.2, 0.25) is 10.3 Å². The van der Waals surface area contributed by atoms with Gasteiger partial charge in [-0.3, -0.25) is 0 Å². The van der Waals surface area contributed by atoms with Crippen molar-refractivity contribution in [2.24, 2.45) is 7.05 Å². The fourth-order valence-corrected chi connectivity index (χ4v) is 2.06.